The third kappa shape index (κ3) is 2.78. The molecule has 0 aromatic rings. The minimum absolute atomic E-state index is 0.583. The normalized spacial score (nSPS) is 13.0. The van der Waals surface area contributed by atoms with E-state index in [1.807, 2.05) is 0 Å². The zero-order chi connectivity index (χ0) is 5.86. The molecule has 0 aliphatic carbocycles. The Bertz CT molecular complexity index is 75.3. The topological polar surface area (TPSA) is 29.1 Å². The van der Waals surface area contributed by atoms with Crippen LogP contribution in [0, 0.1) is 0 Å². The lowest BCUT2D eigenvalue weighted by Gasteiger charge is -1.93. The number of carbonyl (C=O) groups excluding carboxylic acids is 1. The Morgan fingerprint density at radius 3 is 2.43 bits per heavy atom. The molecule has 0 aliphatic rings. The molecular weight excluding hydrogens is 212 g/mol. The van der Waals surface area contributed by atoms with E-state index >= 15 is 0 Å². The molecule has 4 heteroatoms. The SMILES string of the molecule is CNC(=O)[C@H](F)I. The van der Waals surface area contributed by atoms with Crippen LogP contribution in [-0.2, 0) is 4.79 Å². The van der Waals surface area contributed by atoms with Gasteiger partial charge >= 0.3 is 0 Å². The van der Waals surface area contributed by atoms with Crippen molar-refractivity contribution in [2.45, 2.75) is 4.18 Å². The molecule has 1 atom stereocenters. The van der Waals surface area contributed by atoms with E-state index in [-0.39, 0.29) is 0 Å². The number of amides is 1. The molecule has 42 valence electrons. The van der Waals surface area contributed by atoms with Crippen LogP contribution in [0.3, 0.4) is 0 Å². The second kappa shape index (κ2) is 3.17. The van der Waals surface area contributed by atoms with Crippen LogP contribution in [0.25, 0.3) is 0 Å². The first-order valence-corrected chi connectivity index (χ1v) is 2.92. The second-order valence-corrected chi connectivity index (χ2v) is 2.01. The largest absolute Gasteiger partial charge is 0.356 e. The summed E-state index contributed by atoms with van der Waals surface area (Å²) in [6.45, 7) is 0. The van der Waals surface area contributed by atoms with Gasteiger partial charge in [-0.1, -0.05) is 0 Å². The standard InChI is InChI=1S/C3H5FINO/c1-6-3(7)2(4)5/h2H,1H3,(H,6,7)/t2-/m1/s1. The molecule has 0 heterocycles. The molecule has 0 aliphatic heterocycles. The fourth-order valence-corrected chi connectivity index (χ4v) is 0.421. The van der Waals surface area contributed by atoms with E-state index in [1.165, 1.54) is 29.6 Å². The van der Waals surface area contributed by atoms with Crippen LogP contribution in [0.15, 0.2) is 0 Å². The van der Waals surface area contributed by atoms with Gasteiger partial charge in [0.2, 0.25) is 4.18 Å². The Morgan fingerprint density at radius 1 is 2.00 bits per heavy atom. The fourth-order valence-electron chi connectivity index (χ4n) is 0.109. The Labute approximate surface area is 54.6 Å². The van der Waals surface area contributed by atoms with Gasteiger partial charge in [0.15, 0.2) is 0 Å². The summed E-state index contributed by atoms with van der Waals surface area (Å²) < 4.78 is 10.3. The van der Waals surface area contributed by atoms with Crippen LogP contribution in [0.4, 0.5) is 4.39 Å². The maximum Gasteiger partial charge on any atom is 0.264 e. The molecule has 0 aromatic heterocycles. The van der Waals surface area contributed by atoms with Gasteiger partial charge in [-0.2, -0.15) is 0 Å². The number of hydrogen-bond donors (Lipinski definition) is 1. The molecule has 0 saturated carbocycles. The Kier molecular flexibility index (Phi) is 3.23. The van der Waals surface area contributed by atoms with Crippen molar-refractivity contribution in [3.05, 3.63) is 0 Å². The third-order valence-corrected chi connectivity index (χ3v) is 1.01. The summed E-state index contributed by atoms with van der Waals surface area (Å²) in [5, 5.41) is 2.14. The summed E-state index contributed by atoms with van der Waals surface area (Å²) in [6.07, 6.45) is 0. The lowest BCUT2D eigenvalue weighted by molar-refractivity contribution is -0.122. The van der Waals surface area contributed by atoms with Crippen molar-refractivity contribution in [3.63, 3.8) is 0 Å². The Balaban J connectivity index is 3.35. The van der Waals surface area contributed by atoms with Crippen molar-refractivity contribution in [2.24, 2.45) is 0 Å². The summed E-state index contributed by atoms with van der Waals surface area (Å²) in [7, 11) is 1.40. The van der Waals surface area contributed by atoms with Crippen molar-refractivity contribution >= 4 is 28.5 Å². The van der Waals surface area contributed by atoms with E-state index in [2.05, 4.69) is 5.32 Å². The van der Waals surface area contributed by atoms with Crippen LogP contribution in [0.2, 0.25) is 0 Å². The monoisotopic (exact) mass is 217 g/mol. The molecule has 1 amide bonds. The fraction of sp³-hybridized carbons (Fsp3) is 0.667. The molecule has 0 aromatic carbocycles. The molecule has 2 nitrogen and oxygen atoms in total. The molecule has 0 bridgehead atoms. The molecular formula is C3H5FINO. The number of rotatable bonds is 1. The average molecular weight is 217 g/mol. The van der Waals surface area contributed by atoms with Crippen LogP contribution >= 0.6 is 22.6 Å². The van der Waals surface area contributed by atoms with Gasteiger partial charge in [0.1, 0.15) is 0 Å². The highest BCUT2D eigenvalue weighted by Gasteiger charge is 2.07. The van der Waals surface area contributed by atoms with Gasteiger partial charge in [-0.3, -0.25) is 4.79 Å². The molecule has 7 heavy (non-hydrogen) atoms. The molecule has 0 unspecified atom stereocenters. The molecule has 0 radical (unpaired) electrons. The molecule has 0 rings (SSSR count). The van der Waals surface area contributed by atoms with Gasteiger partial charge in [-0.15, -0.1) is 0 Å². The summed E-state index contributed by atoms with van der Waals surface area (Å²) in [6, 6.07) is 0. The highest BCUT2D eigenvalue weighted by atomic mass is 127. The van der Waals surface area contributed by atoms with Crippen LogP contribution < -0.4 is 5.32 Å². The number of carbonyl (C=O) groups is 1. The number of halogens is 2. The Hall–Kier alpha value is 0.130. The molecule has 0 fully saturated rings. The Morgan fingerprint density at radius 2 is 2.43 bits per heavy atom. The molecule has 0 spiro atoms. The van der Waals surface area contributed by atoms with Crippen molar-refractivity contribution in [1.29, 1.82) is 0 Å². The summed E-state index contributed by atoms with van der Waals surface area (Å²) in [4.78, 5) is 10.0. The quantitative estimate of drug-likeness (QED) is 0.501. The highest BCUT2D eigenvalue weighted by molar-refractivity contribution is 14.1. The second-order valence-electron chi connectivity index (χ2n) is 0.915. The van der Waals surface area contributed by atoms with Gasteiger partial charge in [0.25, 0.3) is 5.91 Å². The zero-order valence-electron chi connectivity index (χ0n) is 3.74. The van der Waals surface area contributed by atoms with E-state index in [0.717, 1.165) is 0 Å². The minimum atomic E-state index is -1.41. The number of nitrogens with one attached hydrogen (secondary N) is 1. The molecule has 0 saturated heterocycles. The molecule has 1 N–H and O–H groups in total. The first-order valence-electron chi connectivity index (χ1n) is 1.68. The summed E-state index contributed by atoms with van der Waals surface area (Å²) in [5.74, 6) is -0.583. The van der Waals surface area contributed by atoms with Gasteiger partial charge in [0, 0.05) is 7.05 Å². The van der Waals surface area contributed by atoms with Gasteiger partial charge in [-0.05, 0) is 22.6 Å². The summed E-state index contributed by atoms with van der Waals surface area (Å²) >= 11 is 1.39. The maximum atomic E-state index is 11.7. The average Bonchev–Trinajstić information content (AvgIpc) is 1.65. The van der Waals surface area contributed by atoms with Gasteiger partial charge in [-0.25, -0.2) is 4.39 Å². The first-order chi connectivity index (χ1) is 3.18. The summed E-state index contributed by atoms with van der Waals surface area (Å²) in [5.41, 5.74) is 0. The van der Waals surface area contributed by atoms with E-state index in [9.17, 15) is 9.18 Å². The van der Waals surface area contributed by atoms with E-state index < -0.39 is 10.1 Å². The van der Waals surface area contributed by atoms with Gasteiger partial charge in [0.05, 0.1) is 0 Å². The zero-order valence-corrected chi connectivity index (χ0v) is 5.90. The van der Waals surface area contributed by atoms with E-state index in [1.54, 1.807) is 0 Å². The van der Waals surface area contributed by atoms with Crippen LogP contribution in [0.5, 0.6) is 0 Å². The van der Waals surface area contributed by atoms with Crippen LogP contribution in [0.1, 0.15) is 0 Å². The highest BCUT2D eigenvalue weighted by Crippen LogP contribution is 1.98. The van der Waals surface area contributed by atoms with Crippen molar-refractivity contribution < 1.29 is 9.18 Å². The lowest BCUT2D eigenvalue weighted by atomic mass is 10.7. The third-order valence-electron chi connectivity index (χ3n) is 0.445. The van der Waals surface area contributed by atoms with Crippen molar-refractivity contribution in [3.8, 4) is 0 Å². The van der Waals surface area contributed by atoms with Crippen LogP contribution in [-0.4, -0.2) is 17.1 Å². The predicted octanol–water partition coefficient (Wildman–Crippen LogP) is 0.463. The number of hydrogen-bond acceptors (Lipinski definition) is 1. The first kappa shape index (κ1) is 7.13. The number of alkyl halides is 2. The van der Waals surface area contributed by atoms with E-state index in [4.69, 9.17) is 0 Å². The maximum absolute atomic E-state index is 11.7. The predicted molar refractivity (Wildman–Crippen MR) is 33.0 cm³/mol. The van der Waals surface area contributed by atoms with Crippen molar-refractivity contribution in [1.82, 2.24) is 5.32 Å². The smallest absolute Gasteiger partial charge is 0.264 e. The van der Waals surface area contributed by atoms with E-state index in [0.29, 0.717) is 0 Å². The minimum Gasteiger partial charge on any atom is -0.356 e. The van der Waals surface area contributed by atoms with Gasteiger partial charge < -0.3 is 5.32 Å². The lowest BCUT2D eigenvalue weighted by Crippen LogP contribution is -2.23. The van der Waals surface area contributed by atoms with Crippen molar-refractivity contribution in [2.75, 3.05) is 7.05 Å².